The third kappa shape index (κ3) is 3.55. The summed E-state index contributed by atoms with van der Waals surface area (Å²) in [7, 11) is -3.78. The monoisotopic (exact) mass is 454 g/mol. The fourth-order valence-electron chi connectivity index (χ4n) is 4.53. The van der Waals surface area contributed by atoms with Gasteiger partial charge in [0, 0.05) is 18.1 Å². The number of furan rings is 1. The summed E-state index contributed by atoms with van der Waals surface area (Å²) >= 11 is 0. The minimum absolute atomic E-state index is 0.0576. The van der Waals surface area contributed by atoms with Gasteiger partial charge in [-0.3, -0.25) is 15.1 Å². The molecule has 166 valence electrons. The number of aryl methyl sites for hydroxylation is 1. The number of nitrogens with one attached hydrogen (secondary N) is 3. The summed E-state index contributed by atoms with van der Waals surface area (Å²) in [6, 6.07) is 10.6. The number of imide groups is 1. The first kappa shape index (κ1) is 20.7. The van der Waals surface area contributed by atoms with Crippen molar-refractivity contribution in [3.8, 4) is 11.5 Å². The molecule has 3 aromatic rings. The number of benzene rings is 1. The number of aromatic nitrogens is 1. The molecule has 2 aromatic heterocycles. The maximum atomic E-state index is 12.8. The molecule has 1 saturated heterocycles. The van der Waals surface area contributed by atoms with Crippen molar-refractivity contribution < 1.29 is 22.4 Å². The number of carbonyl (C=O) groups is 2. The molecule has 3 amide bonds. The molecular formula is C22H22N4O5S. The zero-order valence-electron chi connectivity index (χ0n) is 17.3. The van der Waals surface area contributed by atoms with Crippen LogP contribution >= 0.6 is 0 Å². The highest BCUT2D eigenvalue weighted by Gasteiger charge is 2.50. The van der Waals surface area contributed by atoms with Crippen molar-refractivity contribution in [2.24, 2.45) is 5.92 Å². The van der Waals surface area contributed by atoms with Crippen molar-refractivity contribution in [3.63, 3.8) is 0 Å². The van der Waals surface area contributed by atoms with Gasteiger partial charge in [0.05, 0.1) is 0 Å². The fraction of sp³-hybridized carbons (Fsp3) is 0.318. The van der Waals surface area contributed by atoms with E-state index in [1.54, 1.807) is 13.0 Å². The molecule has 1 spiro atoms. The van der Waals surface area contributed by atoms with E-state index in [1.165, 1.54) is 6.20 Å². The van der Waals surface area contributed by atoms with E-state index in [4.69, 9.17) is 4.42 Å². The van der Waals surface area contributed by atoms with Gasteiger partial charge in [-0.15, -0.1) is 0 Å². The number of urea groups is 1. The first-order valence-electron chi connectivity index (χ1n) is 10.3. The van der Waals surface area contributed by atoms with Gasteiger partial charge in [-0.2, -0.15) is 0 Å². The lowest BCUT2D eigenvalue weighted by Gasteiger charge is -2.19. The van der Waals surface area contributed by atoms with Crippen LogP contribution in [0.5, 0.6) is 0 Å². The molecule has 2 atom stereocenters. The first-order valence-corrected chi connectivity index (χ1v) is 11.8. The minimum atomic E-state index is -3.78. The van der Waals surface area contributed by atoms with E-state index in [2.05, 4.69) is 20.3 Å². The first-order chi connectivity index (χ1) is 15.3. The van der Waals surface area contributed by atoms with Gasteiger partial charge in [0.25, 0.3) is 5.91 Å². The number of amides is 3. The smallest absolute Gasteiger partial charge is 0.322 e. The molecule has 3 heterocycles. The highest BCUT2D eigenvalue weighted by Crippen LogP contribution is 2.36. The molecule has 10 heteroatoms. The molecule has 1 aromatic carbocycles. The summed E-state index contributed by atoms with van der Waals surface area (Å²) < 4.78 is 34.1. The number of hydrogen-bond donors (Lipinski definition) is 3. The average Bonchev–Trinajstić information content (AvgIpc) is 3.43. The second-order valence-corrected chi connectivity index (χ2v) is 10.2. The van der Waals surface area contributed by atoms with Crippen LogP contribution < -0.4 is 15.4 Å². The Kier molecular flexibility index (Phi) is 4.79. The maximum absolute atomic E-state index is 12.8. The Morgan fingerprint density at radius 1 is 1.25 bits per heavy atom. The summed E-state index contributed by atoms with van der Waals surface area (Å²) in [5.74, 6) is 0.181. The Morgan fingerprint density at radius 3 is 2.78 bits per heavy atom. The number of rotatable bonds is 5. The van der Waals surface area contributed by atoms with Crippen LogP contribution in [-0.2, 0) is 14.8 Å². The number of hydrogen-bond acceptors (Lipinski definition) is 6. The summed E-state index contributed by atoms with van der Waals surface area (Å²) in [6.45, 7) is 1.97. The summed E-state index contributed by atoms with van der Waals surface area (Å²) in [6.07, 6.45) is 2.84. The Morgan fingerprint density at radius 2 is 2.06 bits per heavy atom. The van der Waals surface area contributed by atoms with Crippen LogP contribution in [-0.4, -0.2) is 37.4 Å². The van der Waals surface area contributed by atoms with E-state index in [9.17, 15) is 18.0 Å². The van der Waals surface area contributed by atoms with Crippen molar-refractivity contribution in [2.45, 2.75) is 36.6 Å². The van der Waals surface area contributed by atoms with Crippen LogP contribution in [0.4, 0.5) is 4.79 Å². The zero-order valence-corrected chi connectivity index (χ0v) is 18.2. The largest absolute Gasteiger partial charge is 0.454 e. The molecule has 3 N–H and O–H groups in total. The lowest BCUT2D eigenvalue weighted by molar-refractivity contribution is -0.123. The standard InChI is InChI=1S/C22H22N4O5S/c1-13-8-16(12-23-19(13)18-9-15-4-2-3-5-17(15)31-18)32(29,30)24-11-14-6-7-22(10-14)20(27)25-21(28)26-22/h2-5,8-9,12,14,24H,6-7,10-11H2,1H3,(H2,25,26,27,28). The molecule has 1 aliphatic carbocycles. The van der Waals surface area contributed by atoms with Gasteiger partial charge in [-0.05, 0) is 55.9 Å². The fourth-order valence-corrected chi connectivity index (χ4v) is 5.68. The zero-order chi connectivity index (χ0) is 22.5. The number of pyridine rings is 1. The number of fused-ring (bicyclic) bond motifs is 1. The van der Waals surface area contributed by atoms with Crippen LogP contribution in [0.1, 0.15) is 24.8 Å². The topological polar surface area (TPSA) is 130 Å². The Labute approximate surface area is 184 Å². The van der Waals surface area contributed by atoms with Gasteiger partial charge in [0.15, 0.2) is 5.76 Å². The van der Waals surface area contributed by atoms with E-state index >= 15 is 0 Å². The van der Waals surface area contributed by atoms with E-state index in [1.807, 2.05) is 30.3 Å². The van der Waals surface area contributed by atoms with Crippen molar-refractivity contribution in [2.75, 3.05) is 6.54 Å². The van der Waals surface area contributed by atoms with Crippen molar-refractivity contribution in [1.29, 1.82) is 0 Å². The lowest BCUT2D eigenvalue weighted by atomic mass is 9.96. The molecule has 5 rings (SSSR count). The van der Waals surface area contributed by atoms with Crippen LogP contribution in [0.2, 0.25) is 0 Å². The molecule has 2 aliphatic rings. The van der Waals surface area contributed by atoms with Crippen molar-refractivity contribution in [1.82, 2.24) is 20.3 Å². The Balaban J connectivity index is 1.29. The minimum Gasteiger partial charge on any atom is -0.454 e. The molecule has 2 unspecified atom stereocenters. The van der Waals surface area contributed by atoms with Gasteiger partial charge >= 0.3 is 6.03 Å². The van der Waals surface area contributed by atoms with Crippen LogP contribution in [0, 0.1) is 12.8 Å². The summed E-state index contributed by atoms with van der Waals surface area (Å²) in [4.78, 5) is 28.0. The second kappa shape index (κ2) is 7.42. The van der Waals surface area contributed by atoms with E-state index in [-0.39, 0.29) is 23.3 Å². The van der Waals surface area contributed by atoms with Crippen LogP contribution in [0.15, 0.2) is 51.9 Å². The van der Waals surface area contributed by atoms with Gasteiger partial charge in [0.1, 0.15) is 21.7 Å². The van der Waals surface area contributed by atoms with Crippen LogP contribution in [0.3, 0.4) is 0 Å². The highest BCUT2D eigenvalue weighted by molar-refractivity contribution is 7.89. The quantitative estimate of drug-likeness (QED) is 0.508. The van der Waals surface area contributed by atoms with Gasteiger partial charge in [-0.1, -0.05) is 18.2 Å². The van der Waals surface area contributed by atoms with Gasteiger partial charge in [0.2, 0.25) is 10.0 Å². The Bertz CT molecular complexity index is 1320. The SMILES string of the molecule is Cc1cc(S(=O)(=O)NCC2CCC3(C2)NC(=O)NC3=O)cnc1-c1cc2ccccc2o1. The van der Waals surface area contributed by atoms with Crippen molar-refractivity contribution >= 4 is 32.9 Å². The van der Waals surface area contributed by atoms with E-state index in [0.717, 1.165) is 11.0 Å². The van der Waals surface area contributed by atoms with Gasteiger partial charge < -0.3 is 9.73 Å². The van der Waals surface area contributed by atoms with E-state index < -0.39 is 21.6 Å². The molecule has 0 bridgehead atoms. The predicted octanol–water partition coefficient (Wildman–Crippen LogP) is 2.46. The van der Waals surface area contributed by atoms with Crippen LogP contribution in [0.25, 0.3) is 22.4 Å². The number of nitrogens with zero attached hydrogens (tertiary/aromatic N) is 1. The second-order valence-electron chi connectivity index (χ2n) is 8.44. The van der Waals surface area contributed by atoms with Gasteiger partial charge in [-0.25, -0.2) is 17.9 Å². The van der Waals surface area contributed by atoms with E-state index in [0.29, 0.717) is 36.3 Å². The third-order valence-electron chi connectivity index (χ3n) is 6.22. The third-order valence-corrected chi connectivity index (χ3v) is 7.61. The lowest BCUT2D eigenvalue weighted by Crippen LogP contribution is -2.44. The van der Waals surface area contributed by atoms with Crippen molar-refractivity contribution in [3.05, 3.63) is 48.2 Å². The Hall–Kier alpha value is -3.24. The summed E-state index contributed by atoms with van der Waals surface area (Å²) in [5.41, 5.74) is 1.08. The highest BCUT2D eigenvalue weighted by atomic mass is 32.2. The summed E-state index contributed by atoms with van der Waals surface area (Å²) in [5, 5.41) is 5.89. The predicted molar refractivity (Wildman–Crippen MR) is 116 cm³/mol. The normalized spacial score (nSPS) is 23.1. The number of sulfonamides is 1. The molecule has 32 heavy (non-hydrogen) atoms. The molecule has 1 saturated carbocycles. The molecule has 9 nitrogen and oxygen atoms in total. The molecule has 1 aliphatic heterocycles. The molecule has 0 radical (unpaired) electrons. The number of para-hydroxylation sites is 1. The average molecular weight is 455 g/mol. The molecule has 2 fully saturated rings. The number of carbonyl (C=O) groups excluding carboxylic acids is 2. The maximum Gasteiger partial charge on any atom is 0.322 e. The molecular weight excluding hydrogens is 432 g/mol.